The summed E-state index contributed by atoms with van der Waals surface area (Å²) in [5, 5.41) is 3.34. The van der Waals surface area contributed by atoms with E-state index < -0.39 is 6.17 Å². The lowest BCUT2D eigenvalue weighted by Gasteiger charge is -2.43. The first-order chi connectivity index (χ1) is 5.83. The number of piperidine rings is 1. The van der Waals surface area contributed by atoms with Crippen molar-refractivity contribution in [3.05, 3.63) is 0 Å². The summed E-state index contributed by atoms with van der Waals surface area (Å²) in [5.74, 6) is 0. The SMILES string of the molecule is FC1CCCCC12CCCNC2. The Kier molecular flexibility index (Phi) is 2.35. The summed E-state index contributed by atoms with van der Waals surface area (Å²) in [6, 6.07) is 0. The molecule has 1 heterocycles. The molecule has 70 valence electrons. The standard InChI is InChI=1S/C10H18FN/c11-9-4-1-2-5-10(9)6-3-7-12-8-10/h9,12H,1-8H2. The van der Waals surface area contributed by atoms with Gasteiger partial charge in [-0.25, -0.2) is 4.39 Å². The highest BCUT2D eigenvalue weighted by atomic mass is 19.1. The largest absolute Gasteiger partial charge is 0.316 e. The van der Waals surface area contributed by atoms with Gasteiger partial charge in [0.15, 0.2) is 0 Å². The molecule has 12 heavy (non-hydrogen) atoms. The highest BCUT2D eigenvalue weighted by molar-refractivity contribution is 4.93. The van der Waals surface area contributed by atoms with Crippen LogP contribution in [0.3, 0.4) is 0 Å². The van der Waals surface area contributed by atoms with Gasteiger partial charge in [0.1, 0.15) is 6.17 Å². The molecule has 2 fully saturated rings. The Morgan fingerprint density at radius 3 is 2.67 bits per heavy atom. The number of rotatable bonds is 0. The first kappa shape index (κ1) is 8.49. The van der Waals surface area contributed by atoms with E-state index in [1.807, 2.05) is 0 Å². The molecule has 2 heteroatoms. The van der Waals surface area contributed by atoms with Gasteiger partial charge < -0.3 is 5.32 Å². The van der Waals surface area contributed by atoms with Crippen LogP contribution in [0, 0.1) is 5.41 Å². The molecule has 1 saturated carbocycles. The van der Waals surface area contributed by atoms with Crippen molar-refractivity contribution in [2.75, 3.05) is 13.1 Å². The van der Waals surface area contributed by atoms with E-state index >= 15 is 0 Å². The molecular formula is C10H18FN. The fourth-order valence-corrected chi connectivity index (χ4v) is 2.74. The van der Waals surface area contributed by atoms with Gasteiger partial charge in [-0.2, -0.15) is 0 Å². The Morgan fingerprint density at radius 1 is 1.17 bits per heavy atom. The van der Waals surface area contributed by atoms with E-state index in [4.69, 9.17) is 0 Å². The van der Waals surface area contributed by atoms with Crippen molar-refractivity contribution >= 4 is 0 Å². The second-order valence-electron chi connectivity index (χ2n) is 4.36. The van der Waals surface area contributed by atoms with Crippen molar-refractivity contribution in [3.8, 4) is 0 Å². The fourth-order valence-electron chi connectivity index (χ4n) is 2.74. The molecule has 2 rings (SSSR count). The Bertz CT molecular complexity index is 144. The normalized spacial score (nSPS) is 43.2. The van der Waals surface area contributed by atoms with Gasteiger partial charge in [0.05, 0.1) is 0 Å². The van der Waals surface area contributed by atoms with Gasteiger partial charge in [-0.1, -0.05) is 12.8 Å². The van der Waals surface area contributed by atoms with E-state index in [2.05, 4.69) is 5.32 Å². The van der Waals surface area contributed by atoms with Crippen molar-refractivity contribution in [3.63, 3.8) is 0 Å². The molecule has 0 bridgehead atoms. The Balaban J connectivity index is 2.04. The van der Waals surface area contributed by atoms with Crippen molar-refractivity contribution in [2.45, 2.75) is 44.7 Å². The van der Waals surface area contributed by atoms with Crippen LogP contribution in [-0.4, -0.2) is 19.3 Å². The van der Waals surface area contributed by atoms with Gasteiger partial charge in [-0.15, -0.1) is 0 Å². The zero-order valence-electron chi connectivity index (χ0n) is 7.61. The lowest BCUT2D eigenvalue weighted by Crippen LogP contribution is -2.47. The van der Waals surface area contributed by atoms with Crippen LogP contribution in [0.15, 0.2) is 0 Å². The molecule has 1 nitrogen and oxygen atoms in total. The zero-order chi connectivity index (χ0) is 8.44. The second-order valence-corrected chi connectivity index (χ2v) is 4.36. The number of hydrogen-bond acceptors (Lipinski definition) is 1. The van der Waals surface area contributed by atoms with Crippen LogP contribution in [0.4, 0.5) is 4.39 Å². The molecule has 1 N–H and O–H groups in total. The van der Waals surface area contributed by atoms with Gasteiger partial charge >= 0.3 is 0 Å². The molecule has 1 aliphatic heterocycles. The fraction of sp³-hybridized carbons (Fsp3) is 1.00. The van der Waals surface area contributed by atoms with Crippen molar-refractivity contribution in [2.24, 2.45) is 5.41 Å². The summed E-state index contributed by atoms with van der Waals surface area (Å²) < 4.78 is 13.7. The third kappa shape index (κ3) is 1.37. The molecule has 0 radical (unpaired) electrons. The topological polar surface area (TPSA) is 12.0 Å². The summed E-state index contributed by atoms with van der Waals surface area (Å²) in [7, 11) is 0. The zero-order valence-corrected chi connectivity index (χ0v) is 7.61. The maximum Gasteiger partial charge on any atom is 0.107 e. The average Bonchev–Trinajstić information content (AvgIpc) is 2.12. The number of alkyl halides is 1. The van der Waals surface area contributed by atoms with Crippen LogP contribution in [0.25, 0.3) is 0 Å². The van der Waals surface area contributed by atoms with Crippen molar-refractivity contribution in [1.82, 2.24) is 5.32 Å². The van der Waals surface area contributed by atoms with Gasteiger partial charge in [0.25, 0.3) is 0 Å². The van der Waals surface area contributed by atoms with Crippen LogP contribution in [-0.2, 0) is 0 Å². The summed E-state index contributed by atoms with van der Waals surface area (Å²) in [6.45, 7) is 2.02. The highest BCUT2D eigenvalue weighted by Gasteiger charge is 2.41. The molecule has 1 spiro atoms. The van der Waals surface area contributed by atoms with Crippen molar-refractivity contribution in [1.29, 1.82) is 0 Å². The minimum atomic E-state index is -0.529. The minimum absolute atomic E-state index is 0.0382. The Hall–Kier alpha value is -0.110. The molecule has 0 aromatic heterocycles. The monoisotopic (exact) mass is 171 g/mol. The van der Waals surface area contributed by atoms with Gasteiger partial charge in [0, 0.05) is 12.0 Å². The third-order valence-electron chi connectivity index (χ3n) is 3.55. The van der Waals surface area contributed by atoms with E-state index in [0.29, 0.717) is 0 Å². The lowest BCUT2D eigenvalue weighted by molar-refractivity contribution is 0.0317. The minimum Gasteiger partial charge on any atom is -0.316 e. The highest BCUT2D eigenvalue weighted by Crippen LogP contribution is 2.42. The third-order valence-corrected chi connectivity index (χ3v) is 3.55. The molecular weight excluding hydrogens is 153 g/mol. The molecule has 2 atom stereocenters. The lowest BCUT2D eigenvalue weighted by atomic mass is 9.68. The molecule has 0 aromatic carbocycles. The molecule has 0 amide bonds. The maximum atomic E-state index is 13.7. The first-order valence-corrected chi connectivity index (χ1v) is 5.18. The van der Waals surface area contributed by atoms with Crippen LogP contribution < -0.4 is 5.32 Å². The second kappa shape index (κ2) is 3.33. The van der Waals surface area contributed by atoms with E-state index in [-0.39, 0.29) is 5.41 Å². The Labute approximate surface area is 73.7 Å². The molecule has 1 saturated heterocycles. The molecule has 1 aliphatic carbocycles. The summed E-state index contributed by atoms with van der Waals surface area (Å²) in [6.07, 6.45) is 6.01. The number of hydrogen-bond donors (Lipinski definition) is 1. The van der Waals surface area contributed by atoms with E-state index in [1.54, 1.807) is 0 Å². The quantitative estimate of drug-likeness (QED) is 0.589. The van der Waals surface area contributed by atoms with Gasteiger partial charge in [-0.3, -0.25) is 0 Å². The predicted octanol–water partition coefficient (Wildman–Crippen LogP) is 2.27. The molecule has 2 aliphatic rings. The van der Waals surface area contributed by atoms with Gasteiger partial charge in [-0.05, 0) is 32.2 Å². The van der Waals surface area contributed by atoms with Crippen molar-refractivity contribution < 1.29 is 4.39 Å². The number of halogens is 1. The molecule has 0 aromatic rings. The first-order valence-electron chi connectivity index (χ1n) is 5.18. The summed E-state index contributed by atoms with van der Waals surface area (Å²) >= 11 is 0. The summed E-state index contributed by atoms with van der Waals surface area (Å²) in [4.78, 5) is 0. The predicted molar refractivity (Wildman–Crippen MR) is 47.9 cm³/mol. The molecule has 2 unspecified atom stereocenters. The maximum absolute atomic E-state index is 13.7. The van der Waals surface area contributed by atoms with Crippen LogP contribution in [0.5, 0.6) is 0 Å². The van der Waals surface area contributed by atoms with E-state index in [9.17, 15) is 4.39 Å². The number of nitrogens with one attached hydrogen (secondary N) is 1. The van der Waals surface area contributed by atoms with Crippen LogP contribution >= 0.6 is 0 Å². The van der Waals surface area contributed by atoms with Gasteiger partial charge in [0.2, 0.25) is 0 Å². The average molecular weight is 171 g/mol. The smallest absolute Gasteiger partial charge is 0.107 e. The summed E-state index contributed by atoms with van der Waals surface area (Å²) in [5.41, 5.74) is 0.0382. The van der Waals surface area contributed by atoms with Crippen LogP contribution in [0.2, 0.25) is 0 Å². The Morgan fingerprint density at radius 2 is 2.00 bits per heavy atom. The van der Waals surface area contributed by atoms with Crippen LogP contribution in [0.1, 0.15) is 38.5 Å². The van der Waals surface area contributed by atoms with E-state index in [0.717, 1.165) is 38.8 Å². The van der Waals surface area contributed by atoms with E-state index in [1.165, 1.54) is 12.8 Å².